The SMILES string of the molecule is CNCC(O)/C(O)=C(\C)CO. The summed E-state index contributed by atoms with van der Waals surface area (Å²) in [7, 11) is 1.67. The van der Waals surface area contributed by atoms with Gasteiger partial charge in [-0.25, -0.2) is 0 Å². The molecule has 0 spiro atoms. The number of rotatable bonds is 4. The molecular formula is C7H15NO3. The van der Waals surface area contributed by atoms with Crippen molar-refractivity contribution in [3.05, 3.63) is 11.3 Å². The standard InChI is InChI=1S/C7H15NO3/c1-5(4-9)7(11)6(10)3-8-2/h6,8-11H,3-4H2,1-2H3/b7-5-. The average molecular weight is 161 g/mol. The third kappa shape index (κ3) is 3.36. The molecule has 0 rings (SSSR count). The third-order valence-corrected chi connectivity index (χ3v) is 1.39. The van der Waals surface area contributed by atoms with E-state index in [-0.39, 0.29) is 18.9 Å². The Balaban J connectivity index is 4.09. The van der Waals surface area contributed by atoms with E-state index in [9.17, 15) is 0 Å². The summed E-state index contributed by atoms with van der Waals surface area (Å²) in [6.45, 7) is 1.62. The molecule has 0 saturated heterocycles. The summed E-state index contributed by atoms with van der Waals surface area (Å²) in [6, 6.07) is 0. The fourth-order valence-corrected chi connectivity index (χ4v) is 0.655. The van der Waals surface area contributed by atoms with E-state index in [1.807, 2.05) is 0 Å². The maximum atomic E-state index is 9.15. The van der Waals surface area contributed by atoms with Gasteiger partial charge < -0.3 is 20.6 Å². The molecule has 0 radical (unpaired) electrons. The van der Waals surface area contributed by atoms with Crippen LogP contribution in [0.1, 0.15) is 6.92 Å². The number of hydrogen-bond donors (Lipinski definition) is 4. The van der Waals surface area contributed by atoms with Gasteiger partial charge in [-0.05, 0) is 19.5 Å². The van der Waals surface area contributed by atoms with E-state index in [2.05, 4.69) is 5.32 Å². The molecule has 0 amide bonds. The van der Waals surface area contributed by atoms with Gasteiger partial charge in [0.1, 0.15) is 11.9 Å². The highest BCUT2D eigenvalue weighted by atomic mass is 16.3. The average Bonchev–Trinajstić information content (AvgIpc) is 2.02. The number of likely N-dealkylation sites (N-methyl/N-ethyl adjacent to an activating group) is 1. The van der Waals surface area contributed by atoms with Crippen molar-refractivity contribution in [3.8, 4) is 0 Å². The van der Waals surface area contributed by atoms with Crippen LogP contribution < -0.4 is 5.32 Å². The first kappa shape index (κ1) is 10.4. The summed E-state index contributed by atoms with van der Waals surface area (Å²) in [5.41, 5.74) is 0.396. The second-order valence-electron chi connectivity index (χ2n) is 2.40. The smallest absolute Gasteiger partial charge is 0.123 e. The van der Waals surface area contributed by atoms with Crippen molar-refractivity contribution < 1.29 is 15.3 Å². The monoisotopic (exact) mass is 161 g/mol. The molecule has 0 fully saturated rings. The Bertz CT molecular complexity index is 145. The van der Waals surface area contributed by atoms with Crippen molar-refractivity contribution in [2.75, 3.05) is 20.2 Å². The fourth-order valence-electron chi connectivity index (χ4n) is 0.655. The molecular weight excluding hydrogens is 146 g/mol. The molecule has 11 heavy (non-hydrogen) atoms. The molecule has 0 aliphatic rings. The van der Waals surface area contributed by atoms with Crippen molar-refractivity contribution in [3.63, 3.8) is 0 Å². The van der Waals surface area contributed by atoms with Crippen LogP contribution in [-0.2, 0) is 0 Å². The van der Waals surface area contributed by atoms with Crippen LogP contribution in [0.25, 0.3) is 0 Å². The Hall–Kier alpha value is -0.580. The normalized spacial score (nSPS) is 16.0. The molecule has 4 N–H and O–H groups in total. The molecule has 0 aliphatic carbocycles. The summed E-state index contributed by atoms with van der Waals surface area (Å²) < 4.78 is 0. The van der Waals surface area contributed by atoms with Crippen LogP contribution in [0.2, 0.25) is 0 Å². The summed E-state index contributed by atoms with van der Waals surface area (Å²) in [6.07, 6.45) is -0.924. The molecule has 0 aromatic carbocycles. The first-order valence-electron chi connectivity index (χ1n) is 3.45. The van der Waals surface area contributed by atoms with Crippen LogP contribution in [0.5, 0.6) is 0 Å². The first-order chi connectivity index (χ1) is 5.13. The van der Waals surface area contributed by atoms with E-state index in [4.69, 9.17) is 15.3 Å². The van der Waals surface area contributed by atoms with Gasteiger partial charge in [0.15, 0.2) is 0 Å². The van der Waals surface area contributed by atoms with E-state index >= 15 is 0 Å². The number of hydrogen-bond acceptors (Lipinski definition) is 4. The Morgan fingerprint density at radius 2 is 2.09 bits per heavy atom. The fraction of sp³-hybridized carbons (Fsp3) is 0.714. The molecule has 0 saturated carbocycles. The van der Waals surface area contributed by atoms with Crippen LogP contribution >= 0.6 is 0 Å². The number of aliphatic hydroxyl groups excluding tert-OH is 3. The van der Waals surface area contributed by atoms with Gasteiger partial charge in [0.05, 0.1) is 6.61 Å². The summed E-state index contributed by atoms with van der Waals surface area (Å²) >= 11 is 0. The van der Waals surface area contributed by atoms with Crippen LogP contribution in [0, 0.1) is 0 Å². The molecule has 1 unspecified atom stereocenters. The van der Waals surface area contributed by atoms with E-state index < -0.39 is 6.10 Å². The second-order valence-corrected chi connectivity index (χ2v) is 2.40. The van der Waals surface area contributed by atoms with Crippen LogP contribution in [0.15, 0.2) is 11.3 Å². The predicted octanol–water partition coefficient (Wildman–Crippen LogP) is -0.609. The Morgan fingerprint density at radius 3 is 2.45 bits per heavy atom. The maximum absolute atomic E-state index is 9.15. The predicted molar refractivity (Wildman–Crippen MR) is 42.3 cm³/mol. The van der Waals surface area contributed by atoms with Gasteiger partial charge in [-0.15, -0.1) is 0 Å². The van der Waals surface area contributed by atoms with Crippen molar-refractivity contribution in [2.45, 2.75) is 13.0 Å². The zero-order chi connectivity index (χ0) is 8.85. The van der Waals surface area contributed by atoms with Gasteiger partial charge in [0.25, 0.3) is 0 Å². The Morgan fingerprint density at radius 1 is 1.55 bits per heavy atom. The lowest BCUT2D eigenvalue weighted by atomic mass is 10.2. The molecule has 4 nitrogen and oxygen atoms in total. The lowest BCUT2D eigenvalue weighted by Crippen LogP contribution is -2.26. The van der Waals surface area contributed by atoms with Gasteiger partial charge in [-0.2, -0.15) is 0 Å². The molecule has 0 aromatic heterocycles. The van der Waals surface area contributed by atoms with Crippen molar-refractivity contribution in [1.82, 2.24) is 5.32 Å². The topological polar surface area (TPSA) is 72.7 Å². The second kappa shape index (κ2) is 5.12. The Labute approximate surface area is 66.2 Å². The van der Waals surface area contributed by atoms with E-state index in [0.29, 0.717) is 5.57 Å². The van der Waals surface area contributed by atoms with E-state index in [1.165, 1.54) is 0 Å². The van der Waals surface area contributed by atoms with E-state index in [1.54, 1.807) is 14.0 Å². The molecule has 0 bridgehead atoms. The van der Waals surface area contributed by atoms with Gasteiger partial charge in [-0.3, -0.25) is 0 Å². The Kier molecular flexibility index (Phi) is 4.85. The minimum absolute atomic E-state index is 0.151. The van der Waals surface area contributed by atoms with Crippen LogP contribution in [-0.4, -0.2) is 41.6 Å². The van der Waals surface area contributed by atoms with Crippen LogP contribution in [0.4, 0.5) is 0 Å². The number of aliphatic hydroxyl groups is 3. The molecule has 66 valence electrons. The van der Waals surface area contributed by atoms with Crippen molar-refractivity contribution in [2.24, 2.45) is 0 Å². The largest absolute Gasteiger partial charge is 0.509 e. The molecule has 4 heteroatoms. The van der Waals surface area contributed by atoms with Gasteiger partial charge >= 0.3 is 0 Å². The maximum Gasteiger partial charge on any atom is 0.123 e. The number of nitrogens with one attached hydrogen (secondary N) is 1. The quantitative estimate of drug-likeness (QED) is 0.415. The minimum Gasteiger partial charge on any atom is -0.509 e. The van der Waals surface area contributed by atoms with Gasteiger partial charge in [-0.1, -0.05) is 0 Å². The highest BCUT2D eigenvalue weighted by Crippen LogP contribution is 2.03. The zero-order valence-electron chi connectivity index (χ0n) is 6.83. The first-order valence-corrected chi connectivity index (χ1v) is 3.45. The highest BCUT2D eigenvalue weighted by molar-refractivity contribution is 5.09. The lowest BCUT2D eigenvalue weighted by molar-refractivity contribution is 0.147. The van der Waals surface area contributed by atoms with Gasteiger partial charge in [0.2, 0.25) is 0 Å². The highest BCUT2D eigenvalue weighted by Gasteiger charge is 2.10. The zero-order valence-corrected chi connectivity index (χ0v) is 6.83. The molecule has 1 atom stereocenters. The summed E-state index contributed by atoms with van der Waals surface area (Å²) in [4.78, 5) is 0. The van der Waals surface area contributed by atoms with Gasteiger partial charge in [0, 0.05) is 6.54 Å². The van der Waals surface area contributed by atoms with Crippen molar-refractivity contribution >= 4 is 0 Å². The summed E-state index contributed by atoms with van der Waals surface area (Å²) in [5.74, 6) is -0.151. The minimum atomic E-state index is -0.924. The molecule has 0 aliphatic heterocycles. The third-order valence-electron chi connectivity index (χ3n) is 1.39. The lowest BCUT2D eigenvalue weighted by Gasteiger charge is -2.10. The molecule has 0 aromatic rings. The van der Waals surface area contributed by atoms with Crippen LogP contribution in [0.3, 0.4) is 0 Å². The van der Waals surface area contributed by atoms with Crippen molar-refractivity contribution in [1.29, 1.82) is 0 Å². The van der Waals surface area contributed by atoms with E-state index in [0.717, 1.165) is 0 Å². The summed E-state index contributed by atoms with van der Waals surface area (Å²) in [5, 5.41) is 29.6. The molecule has 0 heterocycles.